The second kappa shape index (κ2) is 16.5. The topological polar surface area (TPSA) is 16.3 Å². The van der Waals surface area contributed by atoms with Crippen LogP contribution in [0.4, 0.5) is 34.1 Å². The number of benzene rings is 10. The van der Waals surface area contributed by atoms with Gasteiger partial charge in [0.1, 0.15) is 0 Å². The Morgan fingerprint density at radius 2 is 0.662 bits per heavy atom. The van der Waals surface area contributed by atoms with E-state index in [1.54, 1.807) is 0 Å². The molecular weight excluding hydrogens is 861 g/mol. The van der Waals surface area contributed by atoms with E-state index in [0.717, 1.165) is 67.7 Å². The van der Waals surface area contributed by atoms with Gasteiger partial charge in [-0.2, -0.15) is 0 Å². The fourth-order valence-corrected chi connectivity index (χ4v) is 11.3. The zero-order valence-electron chi connectivity index (χ0n) is 39.8. The van der Waals surface area contributed by atoms with Gasteiger partial charge in [0, 0.05) is 72.5 Å². The summed E-state index contributed by atoms with van der Waals surface area (Å²) in [7, 11) is 0. The molecule has 12 aromatic rings. The molecule has 0 radical (unpaired) electrons. The van der Waals surface area contributed by atoms with Crippen LogP contribution in [0.15, 0.2) is 244 Å². The second-order valence-corrected chi connectivity index (χ2v) is 19.1. The van der Waals surface area contributed by atoms with Crippen LogP contribution < -0.4 is 9.80 Å². The smallest absolute Gasteiger partial charge is 0.0542 e. The van der Waals surface area contributed by atoms with Crippen molar-refractivity contribution in [3.05, 3.63) is 266 Å². The van der Waals surface area contributed by atoms with E-state index >= 15 is 0 Å². The zero-order valence-corrected chi connectivity index (χ0v) is 39.8. The molecule has 338 valence electrons. The molecule has 1 aliphatic rings. The summed E-state index contributed by atoms with van der Waals surface area (Å²) in [5.74, 6) is 0. The standard InChI is InChI=1S/C67H50N4/c1-5-45-27-35-63-57(39-45)59-41-51(31-37-65(59)70(63)49-23-15-9-16-24-49)68(47-19-11-7-12-20-47)53-29-33-55-56-34-30-54(44-62(56)67(3,4)61(55)43-53)69(48-21-13-8-14-22-48)52-32-38-66-60(42-52)58-40-46(6-2)28-36-64(58)71(66)50-25-17-10-18-26-50/h5-44H,1-2H2,3-4H3. The molecule has 13 rings (SSSR count). The fourth-order valence-electron chi connectivity index (χ4n) is 11.3. The van der Waals surface area contributed by atoms with Gasteiger partial charge in [0.05, 0.1) is 22.1 Å². The highest BCUT2D eigenvalue weighted by molar-refractivity contribution is 6.12. The molecule has 71 heavy (non-hydrogen) atoms. The first-order valence-electron chi connectivity index (χ1n) is 24.4. The first kappa shape index (κ1) is 42.0. The molecule has 4 heteroatoms. The number of rotatable bonds is 10. The third kappa shape index (κ3) is 6.75. The number of fused-ring (bicyclic) bond motifs is 9. The lowest BCUT2D eigenvalue weighted by molar-refractivity contribution is 0.660. The molecule has 0 unspecified atom stereocenters. The van der Waals surface area contributed by atoms with E-state index < -0.39 is 0 Å². The molecule has 0 saturated carbocycles. The summed E-state index contributed by atoms with van der Waals surface area (Å²) in [6.07, 6.45) is 3.87. The molecule has 0 amide bonds. The van der Waals surface area contributed by atoms with Gasteiger partial charge < -0.3 is 18.9 Å². The Morgan fingerprint density at radius 3 is 1.04 bits per heavy atom. The van der Waals surface area contributed by atoms with Gasteiger partial charge in [-0.1, -0.05) is 136 Å². The predicted molar refractivity (Wildman–Crippen MR) is 302 cm³/mol. The highest BCUT2D eigenvalue weighted by Crippen LogP contribution is 2.53. The van der Waals surface area contributed by atoms with Crippen molar-refractivity contribution in [1.29, 1.82) is 0 Å². The summed E-state index contributed by atoms with van der Waals surface area (Å²) in [6, 6.07) is 84.1. The zero-order chi connectivity index (χ0) is 47.8. The molecule has 0 saturated heterocycles. The quantitative estimate of drug-likeness (QED) is 0.136. The van der Waals surface area contributed by atoms with Crippen LogP contribution in [-0.2, 0) is 5.41 Å². The molecule has 2 aromatic heterocycles. The van der Waals surface area contributed by atoms with Crippen molar-refractivity contribution in [2.75, 3.05) is 9.80 Å². The van der Waals surface area contributed by atoms with Crippen LogP contribution in [0.5, 0.6) is 0 Å². The summed E-state index contributed by atoms with van der Waals surface area (Å²) in [5.41, 5.74) is 20.6. The van der Waals surface area contributed by atoms with Crippen LogP contribution in [0.25, 0.3) is 78.3 Å². The molecule has 2 heterocycles. The minimum absolute atomic E-state index is 0.302. The summed E-state index contributed by atoms with van der Waals surface area (Å²) >= 11 is 0. The number of para-hydroxylation sites is 4. The highest BCUT2D eigenvalue weighted by atomic mass is 15.2. The molecule has 1 aliphatic carbocycles. The number of aromatic nitrogens is 2. The second-order valence-electron chi connectivity index (χ2n) is 19.1. The lowest BCUT2D eigenvalue weighted by Gasteiger charge is -2.29. The summed E-state index contributed by atoms with van der Waals surface area (Å²) in [4.78, 5) is 4.82. The van der Waals surface area contributed by atoms with Gasteiger partial charge in [0.25, 0.3) is 0 Å². The van der Waals surface area contributed by atoms with Gasteiger partial charge in [-0.15, -0.1) is 0 Å². The largest absolute Gasteiger partial charge is 0.310 e. The number of anilines is 6. The van der Waals surface area contributed by atoms with Gasteiger partial charge in [0.2, 0.25) is 0 Å². The molecule has 4 nitrogen and oxygen atoms in total. The fraction of sp³-hybridized carbons (Fsp3) is 0.0448. The van der Waals surface area contributed by atoms with Crippen LogP contribution in [-0.4, -0.2) is 9.13 Å². The van der Waals surface area contributed by atoms with Crippen LogP contribution in [0, 0.1) is 0 Å². The molecule has 0 fully saturated rings. The van der Waals surface area contributed by atoms with Crippen molar-refractivity contribution >= 4 is 89.9 Å². The summed E-state index contributed by atoms with van der Waals surface area (Å²) in [5, 5.41) is 4.78. The van der Waals surface area contributed by atoms with Crippen molar-refractivity contribution in [3.8, 4) is 22.5 Å². The van der Waals surface area contributed by atoms with Crippen LogP contribution in [0.2, 0.25) is 0 Å². The molecule has 0 atom stereocenters. The Bertz CT molecular complexity index is 3780. The van der Waals surface area contributed by atoms with E-state index in [4.69, 9.17) is 0 Å². The van der Waals surface area contributed by atoms with Gasteiger partial charge in [-0.05, 0) is 167 Å². The van der Waals surface area contributed by atoms with Crippen molar-refractivity contribution in [3.63, 3.8) is 0 Å². The number of hydrogen-bond donors (Lipinski definition) is 0. The van der Waals surface area contributed by atoms with Gasteiger partial charge in [-0.3, -0.25) is 0 Å². The van der Waals surface area contributed by atoms with Crippen molar-refractivity contribution in [1.82, 2.24) is 9.13 Å². The Kier molecular flexibility index (Phi) is 9.79. The van der Waals surface area contributed by atoms with Gasteiger partial charge in [0.15, 0.2) is 0 Å². The molecule has 0 bridgehead atoms. The van der Waals surface area contributed by atoms with Crippen molar-refractivity contribution < 1.29 is 0 Å². The summed E-state index contributed by atoms with van der Waals surface area (Å²) < 4.78 is 4.75. The Balaban J connectivity index is 0.933. The first-order valence-corrected chi connectivity index (χ1v) is 24.4. The average Bonchev–Trinajstić information content (AvgIpc) is 4.01. The minimum atomic E-state index is -0.302. The maximum absolute atomic E-state index is 4.12. The molecular formula is C67H50N4. The highest BCUT2D eigenvalue weighted by Gasteiger charge is 2.37. The third-order valence-corrected chi connectivity index (χ3v) is 14.8. The Labute approximate surface area is 414 Å². The predicted octanol–water partition coefficient (Wildman–Crippen LogP) is 18.4. The molecule has 0 N–H and O–H groups in total. The lowest BCUT2D eigenvalue weighted by Crippen LogP contribution is -2.17. The Hall–Kier alpha value is -9.12. The van der Waals surface area contributed by atoms with Gasteiger partial charge >= 0.3 is 0 Å². The summed E-state index contributed by atoms with van der Waals surface area (Å²) in [6.45, 7) is 13.0. The van der Waals surface area contributed by atoms with E-state index in [1.807, 2.05) is 12.2 Å². The SMILES string of the molecule is C=Cc1ccc2c(c1)c1cc(N(c3ccccc3)c3ccc4c(c3)C(C)(C)c3cc(N(c5ccccc5)c5ccc6c(c5)c5cc(C=C)ccc5n6-c5ccccc5)ccc3-4)ccc1n2-c1ccccc1. The van der Waals surface area contributed by atoms with Crippen LogP contribution in [0.1, 0.15) is 36.1 Å². The first-order chi connectivity index (χ1) is 34.9. The lowest BCUT2D eigenvalue weighted by atomic mass is 9.82. The number of nitrogens with zero attached hydrogens (tertiary/aromatic N) is 4. The van der Waals surface area contributed by atoms with Gasteiger partial charge in [-0.25, -0.2) is 0 Å². The number of hydrogen-bond acceptors (Lipinski definition) is 2. The van der Waals surface area contributed by atoms with Crippen molar-refractivity contribution in [2.45, 2.75) is 19.3 Å². The van der Waals surface area contributed by atoms with E-state index in [2.05, 4.69) is 276 Å². The normalized spacial score (nSPS) is 12.6. The third-order valence-electron chi connectivity index (χ3n) is 14.8. The van der Waals surface area contributed by atoms with Crippen LogP contribution >= 0.6 is 0 Å². The van der Waals surface area contributed by atoms with E-state index in [9.17, 15) is 0 Å². The van der Waals surface area contributed by atoms with E-state index in [1.165, 1.54) is 54.8 Å². The minimum Gasteiger partial charge on any atom is -0.310 e. The van der Waals surface area contributed by atoms with E-state index in [0.29, 0.717) is 0 Å². The maximum Gasteiger partial charge on any atom is 0.0542 e. The average molecular weight is 911 g/mol. The van der Waals surface area contributed by atoms with Crippen LogP contribution in [0.3, 0.4) is 0 Å². The maximum atomic E-state index is 4.12. The van der Waals surface area contributed by atoms with E-state index in [-0.39, 0.29) is 5.41 Å². The monoisotopic (exact) mass is 910 g/mol. The Morgan fingerprint density at radius 1 is 0.338 bits per heavy atom. The molecule has 0 aliphatic heterocycles. The van der Waals surface area contributed by atoms with Crippen molar-refractivity contribution in [2.24, 2.45) is 0 Å². The molecule has 10 aromatic carbocycles. The molecule has 0 spiro atoms.